The van der Waals surface area contributed by atoms with Gasteiger partial charge in [0.2, 0.25) is 5.91 Å². The Kier molecular flexibility index (Phi) is 2.90. The fraction of sp³-hybridized carbons (Fsp3) is 0.417. The van der Waals surface area contributed by atoms with Gasteiger partial charge in [0.1, 0.15) is 5.75 Å². The number of carbonyl (C=O) groups excluding carboxylic acids is 1. The zero-order valence-corrected chi connectivity index (χ0v) is 8.82. The van der Waals surface area contributed by atoms with E-state index in [0.717, 1.165) is 24.3 Å². The Morgan fingerprint density at radius 1 is 1.53 bits per heavy atom. The van der Waals surface area contributed by atoms with Gasteiger partial charge < -0.3 is 10.1 Å². The van der Waals surface area contributed by atoms with Gasteiger partial charge in [-0.15, -0.1) is 0 Å². The zero-order valence-electron chi connectivity index (χ0n) is 8.82. The van der Waals surface area contributed by atoms with E-state index in [1.807, 2.05) is 31.2 Å². The van der Waals surface area contributed by atoms with E-state index in [1.54, 1.807) is 0 Å². The third kappa shape index (κ3) is 2.98. The normalized spacial score (nSPS) is 14.7. The van der Waals surface area contributed by atoms with Crippen LogP contribution in [-0.2, 0) is 4.79 Å². The molecule has 3 heteroatoms. The molecule has 1 fully saturated rings. The second kappa shape index (κ2) is 4.34. The number of anilines is 1. The number of benzene rings is 1. The Bertz CT molecular complexity index is 358. The lowest BCUT2D eigenvalue weighted by Gasteiger charge is -2.07. The van der Waals surface area contributed by atoms with E-state index in [4.69, 9.17) is 4.74 Å². The fourth-order valence-electron chi connectivity index (χ4n) is 1.27. The van der Waals surface area contributed by atoms with E-state index >= 15 is 0 Å². The van der Waals surface area contributed by atoms with Gasteiger partial charge in [0.05, 0.1) is 6.10 Å². The van der Waals surface area contributed by atoms with Crippen LogP contribution in [0.25, 0.3) is 0 Å². The van der Waals surface area contributed by atoms with Gasteiger partial charge in [-0.2, -0.15) is 0 Å². The Morgan fingerprint density at radius 3 is 3.00 bits per heavy atom. The monoisotopic (exact) mass is 205 g/mol. The van der Waals surface area contributed by atoms with Crippen molar-refractivity contribution in [2.45, 2.75) is 32.3 Å². The summed E-state index contributed by atoms with van der Waals surface area (Å²) in [5.41, 5.74) is 0.806. The van der Waals surface area contributed by atoms with E-state index in [0.29, 0.717) is 12.5 Å². The Hall–Kier alpha value is -1.51. The molecule has 0 atom stereocenters. The van der Waals surface area contributed by atoms with Gasteiger partial charge in [-0.3, -0.25) is 4.79 Å². The van der Waals surface area contributed by atoms with Crippen LogP contribution in [0.5, 0.6) is 5.75 Å². The molecule has 1 aliphatic rings. The maximum Gasteiger partial charge on any atom is 0.224 e. The van der Waals surface area contributed by atoms with Crippen molar-refractivity contribution >= 4 is 11.6 Å². The molecule has 0 saturated heterocycles. The first-order valence-electron chi connectivity index (χ1n) is 5.34. The van der Waals surface area contributed by atoms with Gasteiger partial charge in [0.25, 0.3) is 0 Å². The molecule has 3 nitrogen and oxygen atoms in total. The summed E-state index contributed by atoms with van der Waals surface area (Å²) in [7, 11) is 0. The minimum absolute atomic E-state index is 0.0265. The Morgan fingerprint density at radius 2 is 2.33 bits per heavy atom. The van der Waals surface area contributed by atoms with E-state index in [2.05, 4.69) is 5.32 Å². The lowest BCUT2D eigenvalue weighted by Crippen LogP contribution is -2.09. The van der Waals surface area contributed by atoms with Crippen molar-refractivity contribution in [2.75, 3.05) is 5.32 Å². The first-order valence-corrected chi connectivity index (χ1v) is 5.34. The molecule has 2 rings (SSSR count). The Balaban J connectivity index is 2.00. The lowest BCUT2D eigenvalue weighted by atomic mass is 10.3. The van der Waals surface area contributed by atoms with Crippen LogP contribution in [0.15, 0.2) is 24.3 Å². The zero-order chi connectivity index (χ0) is 10.7. The first kappa shape index (κ1) is 10.0. The van der Waals surface area contributed by atoms with Gasteiger partial charge in [-0.1, -0.05) is 13.0 Å². The van der Waals surface area contributed by atoms with Crippen LogP contribution >= 0.6 is 0 Å². The van der Waals surface area contributed by atoms with E-state index < -0.39 is 0 Å². The van der Waals surface area contributed by atoms with Crippen molar-refractivity contribution in [2.24, 2.45) is 0 Å². The first-order chi connectivity index (χ1) is 7.28. The van der Waals surface area contributed by atoms with Crippen molar-refractivity contribution in [3.63, 3.8) is 0 Å². The number of carbonyl (C=O) groups is 1. The van der Waals surface area contributed by atoms with Gasteiger partial charge in [0.15, 0.2) is 0 Å². The molecule has 1 saturated carbocycles. The maximum absolute atomic E-state index is 11.2. The van der Waals surface area contributed by atoms with Crippen LogP contribution in [0.1, 0.15) is 26.2 Å². The predicted molar refractivity (Wildman–Crippen MR) is 59.0 cm³/mol. The number of nitrogens with one attached hydrogen (secondary N) is 1. The molecule has 0 spiro atoms. The second-order valence-electron chi connectivity index (χ2n) is 3.75. The SMILES string of the molecule is CCC(=O)Nc1cccc(OC2CC2)c1. The molecule has 1 aliphatic carbocycles. The molecule has 1 aromatic carbocycles. The third-order valence-corrected chi connectivity index (χ3v) is 2.27. The standard InChI is InChI=1S/C12H15NO2/c1-2-12(14)13-9-4-3-5-11(8-9)15-10-6-7-10/h3-5,8,10H,2,6-7H2,1H3,(H,13,14). The number of hydrogen-bond acceptors (Lipinski definition) is 2. The average Bonchev–Trinajstić information content (AvgIpc) is 3.02. The van der Waals surface area contributed by atoms with Crippen LogP contribution in [0.2, 0.25) is 0 Å². The quantitative estimate of drug-likeness (QED) is 0.820. The van der Waals surface area contributed by atoms with Gasteiger partial charge in [-0.25, -0.2) is 0 Å². The van der Waals surface area contributed by atoms with E-state index in [1.165, 1.54) is 0 Å². The van der Waals surface area contributed by atoms with Crippen LogP contribution in [-0.4, -0.2) is 12.0 Å². The number of amides is 1. The molecule has 0 aliphatic heterocycles. The molecular formula is C12H15NO2. The van der Waals surface area contributed by atoms with Gasteiger partial charge in [0, 0.05) is 18.2 Å². The fourth-order valence-corrected chi connectivity index (χ4v) is 1.27. The number of hydrogen-bond donors (Lipinski definition) is 1. The average molecular weight is 205 g/mol. The van der Waals surface area contributed by atoms with Gasteiger partial charge >= 0.3 is 0 Å². The topological polar surface area (TPSA) is 38.3 Å². The third-order valence-electron chi connectivity index (χ3n) is 2.27. The summed E-state index contributed by atoms with van der Waals surface area (Å²) < 4.78 is 5.63. The highest BCUT2D eigenvalue weighted by molar-refractivity contribution is 5.90. The van der Waals surface area contributed by atoms with Crippen molar-refractivity contribution in [3.05, 3.63) is 24.3 Å². The molecule has 1 N–H and O–H groups in total. The maximum atomic E-state index is 11.2. The Labute approximate surface area is 89.4 Å². The molecule has 15 heavy (non-hydrogen) atoms. The lowest BCUT2D eigenvalue weighted by molar-refractivity contribution is -0.115. The molecule has 80 valence electrons. The van der Waals surface area contributed by atoms with Crippen molar-refractivity contribution < 1.29 is 9.53 Å². The summed E-state index contributed by atoms with van der Waals surface area (Å²) in [6, 6.07) is 7.54. The number of ether oxygens (including phenoxy) is 1. The summed E-state index contributed by atoms with van der Waals surface area (Å²) in [6.07, 6.45) is 3.17. The minimum Gasteiger partial charge on any atom is -0.490 e. The van der Waals surface area contributed by atoms with Gasteiger partial charge in [-0.05, 0) is 25.0 Å². The molecule has 0 bridgehead atoms. The molecule has 0 unspecified atom stereocenters. The van der Waals surface area contributed by atoms with Crippen molar-refractivity contribution in [3.8, 4) is 5.75 Å². The smallest absolute Gasteiger partial charge is 0.224 e. The van der Waals surface area contributed by atoms with E-state index in [9.17, 15) is 4.79 Å². The van der Waals surface area contributed by atoms with E-state index in [-0.39, 0.29) is 5.91 Å². The molecule has 0 radical (unpaired) electrons. The summed E-state index contributed by atoms with van der Waals surface area (Å²) in [5, 5.41) is 2.81. The van der Waals surface area contributed by atoms with Crippen LogP contribution in [0.4, 0.5) is 5.69 Å². The van der Waals surface area contributed by atoms with Crippen LogP contribution in [0, 0.1) is 0 Å². The molecule has 0 heterocycles. The van der Waals surface area contributed by atoms with Crippen LogP contribution < -0.4 is 10.1 Å². The molecule has 0 aromatic heterocycles. The highest BCUT2D eigenvalue weighted by Gasteiger charge is 2.23. The largest absolute Gasteiger partial charge is 0.490 e. The summed E-state index contributed by atoms with van der Waals surface area (Å²) in [4.78, 5) is 11.2. The molecule has 1 amide bonds. The predicted octanol–water partition coefficient (Wildman–Crippen LogP) is 2.58. The highest BCUT2D eigenvalue weighted by atomic mass is 16.5. The van der Waals surface area contributed by atoms with Crippen molar-refractivity contribution in [1.82, 2.24) is 0 Å². The van der Waals surface area contributed by atoms with Crippen molar-refractivity contribution in [1.29, 1.82) is 0 Å². The van der Waals surface area contributed by atoms with Crippen LogP contribution in [0.3, 0.4) is 0 Å². The molecule has 1 aromatic rings. The summed E-state index contributed by atoms with van der Waals surface area (Å²) >= 11 is 0. The minimum atomic E-state index is 0.0265. The molecular weight excluding hydrogens is 190 g/mol. The number of rotatable bonds is 4. The summed E-state index contributed by atoms with van der Waals surface area (Å²) in [6.45, 7) is 1.83. The summed E-state index contributed by atoms with van der Waals surface area (Å²) in [5.74, 6) is 0.866. The second-order valence-corrected chi connectivity index (χ2v) is 3.75. The highest BCUT2D eigenvalue weighted by Crippen LogP contribution is 2.28.